The lowest BCUT2D eigenvalue weighted by atomic mass is 10.2. The van der Waals surface area contributed by atoms with Crippen LogP contribution in [0.5, 0.6) is 5.75 Å². The van der Waals surface area contributed by atoms with Crippen LogP contribution in [0.4, 0.5) is 0 Å². The molecule has 0 aromatic heterocycles. The third-order valence-corrected chi connectivity index (χ3v) is 2.50. The van der Waals surface area contributed by atoms with Gasteiger partial charge in [0.2, 0.25) is 5.91 Å². The zero-order chi connectivity index (χ0) is 13.4. The number of rotatable bonds is 7. The highest BCUT2D eigenvalue weighted by atomic mass is 16.3. The normalized spacial score (nSPS) is 10.6. The van der Waals surface area contributed by atoms with Crippen molar-refractivity contribution in [3.05, 3.63) is 29.8 Å². The Kier molecular flexibility index (Phi) is 6.22. The summed E-state index contributed by atoms with van der Waals surface area (Å²) in [7, 11) is 0. The number of carbonyl (C=O) groups excluding carboxylic acids is 1. The second kappa shape index (κ2) is 7.71. The maximum Gasteiger partial charge on any atom is 0.221 e. The fourth-order valence-corrected chi connectivity index (χ4v) is 1.45. The molecule has 0 spiro atoms. The molecule has 0 aliphatic heterocycles. The van der Waals surface area contributed by atoms with E-state index in [1.54, 1.807) is 12.1 Å². The number of nitrogens with one attached hydrogen (secondary N) is 2. The summed E-state index contributed by atoms with van der Waals surface area (Å²) in [5.41, 5.74) is 1.09. The topological polar surface area (TPSA) is 61.4 Å². The van der Waals surface area contributed by atoms with Crippen LogP contribution < -0.4 is 10.6 Å². The van der Waals surface area contributed by atoms with Crippen molar-refractivity contribution in [2.24, 2.45) is 5.92 Å². The van der Waals surface area contributed by atoms with Crippen LogP contribution in [-0.2, 0) is 11.3 Å². The molecule has 1 aromatic carbocycles. The lowest BCUT2D eigenvalue weighted by molar-refractivity contribution is -0.121. The molecule has 1 rings (SSSR count). The molecule has 4 heteroatoms. The Labute approximate surface area is 108 Å². The van der Waals surface area contributed by atoms with Crippen molar-refractivity contribution in [1.29, 1.82) is 0 Å². The van der Waals surface area contributed by atoms with E-state index in [9.17, 15) is 4.79 Å². The smallest absolute Gasteiger partial charge is 0.221 e. The van der Waals surface area contributed by atoms with Crippen molar-refractivity contribution in [2.45, 2.75) is 26.8 Å². The van der Waals surface area contributed by atoms with Crippen LogP contribution in [-0.4, -0.2) is 24.1 Å². The summed E-state index contributed by atoms with van der Waals surface area (Å²) >= 11 is 0. The molecule has 1 aromatic rings. The standard InChI is InChI=1S/C14H22N2O2/c1-11(2)9-16-14(18)7-8-15-10-12-3-5-13(17)6-4-12/h3-6,11,15,17H,7-10H2,1-2H3,(H,16,18). The maximum absolute atomic E-state index is 11.4. The number of aromatic hydroxyl groups is 1. The van der Waals surface area contributed by atoms with E-state index in [1.165, 1.54) is 0 Å². The largest absolute Gasteiger partial charge is 0.508 e. The molecule has 0 atom stereocenters. The number of benzene rings is 1. The lowest BCUT2D eigenvalue weighted by Gasteiger charge is -2.08. The molecule has 0 fully saturated rings. The van der Waals surface area contributed by atoms with E-state index in [0.29, 0.717) is 25.4 Å². The second-order valence-electron chi connectivity index (χ2n) is 4.79. The Morgan fingerprint density at radius 3 is 2.56 bits per heavy atom. The van der Waals surface area contributed by atoms with Crippen molar-refractivity contribution >= 4 is 5.91 Å². The SMILES string of the molecule is CC(C)CNC(=O)CCNCc1ccc(O)cc1. The molecule has 0 aliphatic rings. The van der Waals surface area contributed by atoms with E-state index < -0.39 is 0 Å². The van der Waals surface area contributed by atoms with Gasteiger partial charge in [-0.1, -0.05) is 26.0 Å². The van der Waals surface area contributed by atoms with Crippen LogP contribution in [0.1, 0.15) is 25.8 Å². The van der Waals surface area contributed by atoms with Crippen LogP contribution in [0.3, 0.4) is 0 Å². The van der Waals surface area contributed by atoms with Crippen molar-refractivity contribution in [3.8, 4) is 5.75 Å². The average Bonchev–Trinajstić information content (AvgIpc) is 2.34. The zero-order valence-electron chi connectivity index (χ0n) is 11.1. The molecular formula is C14H22N2O2. The van der Waals surface area contributed by atoms with E-state index in [2.05, 4.69) is 24.5 Å². The van der Waals surface area contributed by atoms with Crippen molar-refractivity contribution < 1.29 is 9.90 Å². The Balaban J connectivity index is 2.11. The van der Waals surface area contributed by atoms with Crippen molar-refractivity contribution in [1.82, 2.24) is 10.6 Å². The Morgan fingerprint density at radius 1 is 1.28 bits per heavy atom. The Morgan fingerprint density at radius 2 is 1.94 bits per heavy atom. The summed E-state index contributed by atoms with van der Waals surface area (Å²) < 4.78 is 0. The molecule has 0 saturated heterocycles. The maximum atomic E-state index is 11.4. The molecule has 0 heterocycles. The van der Waals surface area contributed by atoms with Gasteiger partial charge in [0.15, 0.2) is 0 Å². The summed E-state index contributed by atoms with van der Waals surface area (Å²) in [5, 5.41) is 15.2. The summed E-state index contributed by atoms with van der Waals surface area (Å²) in [6, 6.07) is 7.04. The van der Waals surface area contributed by atoms with Crippen LogP contribution >= 0.6 is 0 Å². The molecule has 4 nitrogen and oxygen atoms in total. The minimum absolute atomic E-state index is 0.0851. The van der Waals surface area contributed by atoms with Gasteiger partial charge in [0.1, 0.15) is 5.75 Å². The predicted molar refractivity (Wildman–Crippen MR) is 72.3 cm³/mol. The molecule has 3 N–H and O–H groups in total. The quantitative estimate of drug-likeness (QED) is 0.645. The minimum atomic E-state index is 0.0851. The van der Waals surface area contributed by atoms with Crippen molar-refractivity contribution in [3.63, 3.8) is 0 Å². The number of phenols is 1. The molecular weight excluding hydrogens is 228 g/mol. The number of amides is 1. The molecule has 0 aliphatic carbocycles. The number of hydrogen-bond donors (Lipinski definition) is 3. The summed E-state index contributed by atoms with van der Waals surface area (Å²) in [5.74, 6) is 0.840. The first-order valence-electron chi connectivity index (χ1n) is 6.33. The van der Waals surface area contributed by atoms with E-state index in [0.717, 1.165) is 12.1 Å². The molecule has 0 radical (unpaired) electrons. The van der Waals surface area contributed by atoms with E-state index >= 15 is 0 Å². The van der Waals surface area contributed by atoms with E-state index in [4.69, 9.17) is 5.11 Å². The van der Waals surface area contributed by atoms with Gasteiger partial charge in [-0.3, -0.25) is 4.79 Å². The number of phenolic OH excluding ortho intramolecular Hbond substituents is 1. The molecule has 0 unspecified atom stereocenters. The zero-order valence-corrected chi connectivity index (χ0v) is 11.1. The Bertz CT molecular complexity index is 361. The second-order valence-corrected chi connectivity index (χ2v) is 4.79. The molecule has 18 heavy (non-hydrogen) atoms. The van der Waals surface area contributed by atoms with Gasteiger partial charge >= 0.3 is 0 Å². The number of carbonyl (C=O) groups is 1. The van der Waals surface area contributed by atoms with Crippen LogP contribution in [0.15, 0.2) is 24.3 Å². The summed E-state index contributed by atoms with van der Waals surface area (Å²) in [6.45, 7) is 6.24. The first kappa shape index (κ1) is 14.5. The van der Waals surface area contributed by atoms with Crippen LogP contribution in [0.25, 0.3) is 0 Å². The molecule has 100 valence electrons. The van der Waals surface area contributed by atoms with E-state index in [-0.39, 0.29) is 11.7 Å². The highest BCUT2D eigenvalue weighted by molar-refractivity contribution is 5.76. The van der Waals surface area contributed by atoms with Crippen LogP contribution in [0, 0.1) is 5.92 Å². The van der Waals surface area contributed by atoms with Gasteiger partial charge in [0.05, 0.1) is 0 Å². The number of hydrogen-bond acceptors (Lipinski definition) is 3. The minimum Gasteiger partial charge on any atom is -0.508 e. The highest BCUT2D eigenvalue weighted by Gasteiger charge is 2.01. The van der Waals surface area contributed by atoms with Crippen molar-refractivity contribution in [2.75, 3.05) is 13.1 Å². The highest BCUT2D eigenvalue weighted by Crippen LogP contribution is 2.08. The van der Waals surface area contributed by atoms with Gasteiger partial charge < -0.3 is 15.7 Å². The van der Waals surface area contributed by atoms with Gasteiger partial charge in [0.25, 0.3) is 0 Å². The fourth-order valence-electron chi connectivity index (χ4n) is 1.45. The third-order valence-electron chi connectivity index (χ3n) is 2.50. The summed E-state index contributed by atoms with van der Waals surface area (Å²) in [6.07, 6.45) is 0.491. The van der Waals surface area contributed by atoms with Gasteiger partial charge in [-0.25, -0.2) is 0 Å². The first-order chi connectivity index (χ1) is 8.58. The molecule has 0 bridgehead atoms. The van der Waals surface area contributed by atoms with Gasteiger partial charge in [-0.2, -0.15) is 0 Å². The first-order valence-corrected chi connectivity index (χ1v) is 6.33. The van der Waals surface area contributed by atoms with Gasteiger partial charge in [-0.05, 0) is 23.6 Å². The van der Waals surface area contributed by atoms with Gasteiger partial charge in [-0.15, -0.1) is 0 Å². The average molecular weight is 250 g/mol. The van der Waals surface area contributed by atoms with E-state index in [1.807, 2.05) is 12.1 Å². The lowest BCUT2D eigenvalue weighted by Crippen LogP contribution is -2.30. The monoisotopic (exact) mass is 250 g/mol. The van der Waals surface area contributed by atoms with Gasteiger partial charge in [0, 0.05) is 26.1 Å². The predicted octanol–water partition coefficient (Wildman–Crippen LogP) is 1.64. The van der Waals surface area contributed by atoms with Crippen LogP contribution in [0.2, 0.25) is 0 Å². The fraction of sp³-hybridized carbons (Fsp3) is 0.500. The molecule has 1 amide bonds. The molecule has 0 saturated carbocycles. The Hall–Kier alpha value is -1.55. The summed E-state index contributed by atoms with van der Waals surface area (Å²) in [4.78, 5) is 11.4. The third kappa shape index (κ3) is 6.25.